The first-order chi connectivity index (χ1) is 6.51. The topological polar surface area (TPSA) is 35.8 Å². The highest BCUT2D eigenvalue weighted by Gasteiger charge is 2.26. The third-order valence-corrected chi connectivity index (χ3v) is 1.42. The molecule has 1 aromatic rings. The average Bonchev–Trinajstić information content (AvgIpc) is 2.14. The van der Waals surface area contributed by atoms with Crippen LogP contribution in [0.1, 0.15) is 5.56 Å². The number of hydrogen-bond acceptors (Lipinski definition) is 2. The van der Waals surface area contributed by atoms with Crippen LogP contribution in [-0.4, -0.2) is 12.7 Å². The molecular formula is C9H6F3N2. The molecule has 2 nitrogen and oxygen atoms in total. The molecule has 73 valence electrons. The minimum absolute atomic E-state index is 0.223. The standard InChI is InChI=1S/C9H6F3N2/c10-9(11,12)6-14-8-3-1-7(5-13)2-4-8/h1-3,14H,6H2. The number of hydrogen-bond donors (Lipinski definition) is 1. The maximum Gasteiger partial charge on any atom is 0.405 e. The summed E-state index contributed by atoms with van der Waals surface area (Å²) < 4.78 is 35.3. The summed E-state index contributed by atoms with van der Waals surface area (Å²) in [6, 6.07) is 8.51. The van der Waals surface area contributed by atoms with E-state index in [1.807, 2.05) is 6.07 Å². The number of alkyl halides is 3. The molecule has 0 bridgehead atoms. The van der Waals surface area contributed by atoms with E-state index in [1.165, 1.54) is 18.2 Å². The van der Waals surface area contributed by atoms with E-state index < -0.39 is 12.7 Å². The lowest BCUT2D eigenvalue weighted by Crippen LogP contribution is -2.21. The quantitative estimate of drug-likeness (QED) is 0.793. The van der Waals surface area contributed by atoms with E-state index in [4.69, 9.17) is 5.26 Å². The Morgan fingerprint density at radius 3 is 2.57 bits per heavy atom. The highest BCUT2D eigenvalue weighted by atomic mass is 19.4. The van der Waals surface area contributed by atoms with Crippen LogP contribution in [0.15, 0.2) is 18.2 Å². The highest BCUT2D eigenvalue weighted by Crippen LogP contribution is 2.16. The number of rotatable bonds is 2. The molecule has 14 heavy (non-hydrogen) atoms. The van der Waals surface area contributed by atoms with E-state index >= 15 is 0 Å². The van der Waals surface area contributed by atoms with Gasteiger partial charge in [-0.3, -0.25) is 0 Å². The van der Waals surface area contributed by atoms with Crippen LogP contribution in [-0.2, 0) is 0 Å². The van der Waals surface area contributed by atoms with Crippen LogP contribution in [0.2, 0.25) is 0 Å². The van der Waals surface area contributed by atoms with Crippen LogP contribution >= 0.6 is 0 Å². The van der Waals surface area contributed by atoms with Gasteiger partial charge in [-0.1, -0.05) is 0 Å². The molecule has 0 saturated carbocycles. The van der Waals surface area contributed by atoms with E-state index in [0.29, 0.717) is 5.56 Å². The van der Waals surface area contributed by atoms with Crippen LogP contribution in [0.3, 0.4) is 0 Å². The maximum absolute atomic E-state index is 11.8. The van der Waals surface area contributed by atoms with Crippen LogP contribution in [0.4, 0.5) is 18.9 Å². The highest BCUT2D eigenvalue weighted by molar-refractivity contribution is 5.46. The van der Waals surface area contributed by atoms with Gasteiger partial charge in [0.1, 0.15) is 6.54 Å². The molecule has 0 atom stereocenters. The van der Waals surface area contributed by atoms with E-state index in [0.717, 1.165) is 0 Å². The number of anilines is 1. The Morgan fingerprint density at radius 2 is 2.14 bits per heavy atom. The fourth-order valence-electron chi connectivity index (χ4n) is 0.800. The first kappa shape index (κ1) is 10.4. The molecule has 1 radical (unpaired) electrons. The molecule has 1 rings (SSSR count). The van der Waals surface area contributed by atoms with Crippen LogP contribution in [0.5, 0.6) is 0 Å². The van der Waals surface area contributed by atoms with Crippen molar-refractivity contribution in [2.24, 2.45) is 0 Å². The van der Waals surface area contributed by atoms with E-state index in [1.54, 1.807) is 0 Å². The second-order valence-corrected chi connectivity index (χ2v) is 2.57. The zero-order valence-corrected chi connectivity index (χ0v) is 7.02. The molecule has 0 spiro atoms. The van der Waals surface area contributed by atoms with Crippen molar-refractivity contribution in [3.8, 4) is 6.07 Å². The van der Waals surface area contributed by atoms with Gasteiger partial charge in [0.05, 0.1) is 11.6 Å². The Labute approximate surface area is 79.0 Å². The Kier molecular flexibility index (Phi) is 2.97. The third-order valence-electron chi connectivity index (χ3n) is 1.42. The minimum Gasteiger partial charge on any atom is -0.376 e. The second-order valence-electron chi connectivity index (χ2n) is 2.57. The predicted octanol–water partition coefficient (Wildman–Crippen LogP) is 2.33. The van der Waals surface area contributed by atoms with Crippen molar-refractivity contribution < 1.29 is 13.2 Å². The maximum atomic E-state index is 11.8. The first-order valence-corrected chi connectivity index (χ1v) is 3.74. The zero-order valence-electron chi connectivity index (χ0n) is 7.02. The molecule has 0 saturated heterocycles. The van der Waals surface area contributed by atoms with Crippen LogP contribution < -0.4 is 5.32 Å². The largest absolute Gasteiger partial charge is 0.405 e. The van der Waals surface area contributed by atoms with Crippen molar-refractivity contribution in [3.05, 3.63) is 29.8 Å². The van der Waals surface area contributed by atoms with Crippen LogP contribution in [0, 0.1) is 17.4 Å². The number of nitrogens with one attached hydrogen (secondary N) is 1. The SMILES string of the molecule is N#Cc1c[c]c(NCC(F)(F)F)cc1. The normalized spacial score (nSPS) is 10.7. The second kappa shape index (κ2) is 4.01. The summed E-state index contributed by atoms with van der Waals surface area (Å²) in [5.41, 5.74) is 0.587. The van der Waals surface area contributed by atoms with Crippen molar-refractivity contribution in [2.45, 2.75) is 6.18 Å². The third kappa shape index (κ3) is 3.35. The van der Waals surface area contributed by atoms with Gasteiger partial charge in [-0.25, -0.2) is 0 Å². The van der Waals surface area contributed by atoms with Gasteiger partial charge in [0.15, 0.2) is 0 Å². The Hall–Kier alpha value is -1.70. The number of benzene rings is 1. The van der Waals surface area contributed by atoms with Gasteiger partial charge in [-0.05, 0) is 18.2 Å². The molecule has 0 amide bonds. The molecule has 0 unspecified atom stereocenters. The Bertz CT molecular complexity index is 335. The van der Waals surface area contributed by atoms with E-state index in [-0.39, 0.29) is 5.69 Å². The predicted molar refractivity (Wildman–Crippen MR) is 44.5 cm³/mol. The molecule has 1 aromatic carbocycles. The summed E-state index contributed by atoms with van der Waals surface area (Å²) in [7, 11) is 0. The molecule has 0 heterocycles. The molecule has 5 heteroatoms. The molecule has 0 fully saturated rings. The monoisotopic (exact) mass is 199 g/mol. The number of nitrogens with zero attached hydrogens (tertiary/aromatic N) is 1. The van der Waals surface area contributed by atoms with Crippen molar-refractivity contribution in [2.75, 3.05) is 11.9 Å². The Morgan fingerprint density at radius 1 is 1.43 bits per heavy atom. The molecule has 0 aromatic heterocycles. The zero-order chi connectivity index (χ0) is 10.6. The first-order valence-electron chi connectivity index (χ1n) is 3.74. The minimum atomic E-state index is -4.25. The summed E-state index contributed by atoms with van der Waals surface area (Å²) in [6.07, 6.45) is -4.25. The molecule has 1 N–H and O–H groups in total. The van der Waals surface area contributed by atoms with Gasteiger partial charge >= 0.3 is 6.18 Å². The summed E-state index contributed by atoms with van der Waals surface area (Å²) in [5.74, 6) is 0. The van der Waals surface area contributed by atoms with Gasteiger partial charge in [0.25, 0.3) is 0 Å². The van der Waals surface area contributed by atoms with Gasteiger partial charge in [-0.15, -0.1) is 0 Å². The smallest absolute Gasteiger partial charge is 0.376 e. The lowest BCUT2D eigenvalue weighted by Gasteiger charge is -2.08. The van der Waals surface area contributed by atoms with Crippen molar-refractivity contribution in [1.82, 2.24) is 0 Å². The molecule has 0 aliphatic carbocycles. The molecular weight excluding hydrogens is 193 g/mol. The molecule has 0 aliphatic rings. The summed E-state index contributed by atoms with van der Waals surface area (Å²) in [5, 5.41) is 10.6. The number of halogens is 3. The lowest BCUT2D eigenvalue weighted by atomic mass is 10.2. The summed E-state index contributed by atoms with van der Waals surface area (Å²) in [4.78, 5) is 0. The summed E-state index contributed by atoms with van der Waals surface area (Å²) >= 11 is 0. The van der Waals surface area contributed by atoms with E-state index in [9.17, 15) is 13.2 Å². The van der Waals surface area contributed by atoms with Gasteiger partial charge in [0.2, 0.25) is 0 Å². The van der Waals surface area contributed by atoms with Gasteiger partial charge in [0, 0.05) is 11.8 Å². The van der Waals surface area contributed by atoms with Crippen LogP contribution in [0.25, 0.3) is 0 Å². The average molecular weight is 199 g/mol. The van der Waals surface area contributed by atoms with Crippen molar-refractivity contribution in [1.29, 1.82) is 5.26 Å². The summed E-state index contributed by atoms with van der Waals surface area (Å²) in [6.45, 7) is -1.10. The van der Waals surface area contributed by atoms with Gasteiger partial charge in [-0.2, -0.15) is 18.4 Å². The fraction of sp³-hybridized carbons (Fsp3) is 0.222. The van der Waals surface area contributed by atoms with E-state index in [2.05, 4.69) is 11.4 Å². The van der Waals surface area contributed by atoms with Crippen molar-refractivity contribution in [3.63, 3.8) is 0 Å². The van der Waals surface area contributed by atoms with Crippen molar-refractivity contribution >= 4 is 5.69 Å². The number of nitriles is 1. The molecule has 0 aliphatic heterocycles. The van der Waals surface area contributed by atoms with Gasteiger partial charge < -0.3 is 5.32 Å². The lowest BCUT2D eigenvalue weighted by molar-refractivity contribution is -0.115. The Balaban J connectivity index is 2.58. The fourth-order valence-corrected chi connectivity index (χ4v) is 0.800.